The van der Waals surface area contributed by atoms with Crippen LogP contribution in [0.1, 0.15) is 16.8 Å². The first kappa shape index (κ1) is 12.9. The molecule has 2 aromatic rings. The van der Waals surface area contributed by atoms with Crippen LogP contribution in [0.15, 0.2) is 39.5 Å². The molecule has 1 fully saturated rings. The van der Waals surface area contributed by atoms with Crippen LogP contribution < -0.4 is 11.4 Å². The fraction of sp³-hybridized carbons (Fsp3) is 0.333. The molecule has 1 aromatic carbocycles. The van der Waals surface area contributed by atoms with Gasteiger partial charge in [-0.15, -0.1) is 0 Å². The van der Waals surface area contributed by atoms with E-state index in [-0.39, 0.29) is 11.5 Å². The molecular formula is C15H16N2O3. The van der Waals surface area contributed by atoms with Crippen molar-refractivity contribution >= 4 is 16.9 Å². The predicted octanol–water partition coefficient (Wildman–Crippen LogP) is 1.21. The first-order valence-electron chi connectivity index (χ1n) is 6.71. The van der Waals surface area contributed by atoms with Crippen molar-refractivity contribution in [3.8, 4) is 0 Å². The summed E-state index contributed by atoms with van der Waals surface area (Å²) in [5, 5.41) is 0.755. The zero-order valence-corrected chi connectivity index (χ0v) is 11.0. The van der Waals surface area contributed by atoms with Gasteiger partial charge in [0.2, 0.25) is 0 Å². The highest BCUT2D eigenvalue weighted by molar-refractivity contribution is 5.96. The largest absolute Gasteiger partial charge is 0.422 e. The molecule has 1 unspecified atom stereocenters. The lowest BCUT2D eigenvalue weighted by molar-refractivity contribution is 0.0783. The van der Waals surface area contributed by atoms with Crippen LogP contribution in [0.2, 0.25) is 0 Å². The zero-order valence-electron chi connectivity index (χ0n) is 11.0. The van der Waals surface area contributed by atoms with Crippen LogP contribution >= 0.6 is 0 Å². The van der Waals surface area contributed by atoms with Crippen LogP contribution in [0.3, 0.4) is 0 Å². The van der Waals surface area contributed by atoms with Gasteiger partial charge >= 0.3 is 5.63 Å². The van der Waals surface area contributed by atoms with E-state index in [4.69, 9.17) is 10.2 Å². The van der Waals surface area contributed by atoms with Gasteiger partial charge in [0.25, 0.3) is 5.91 Å². The Morgan fingerprint density at radius 2 is 2.20 bits per heavy atom. The Kier molecular flexibility index (Phi) is 3.28. The molecule has 3 rings (SSSR count). The number of nitrogens with two attached hydrogens (primary N) is 1. The number of hydrogen-bond acceptors (Lipinski definition) is 4. The number of para-hydroxylation sites is 1. The smallest absolute Gasteiger partial charge is 0.349 e. The van der Waals surface area contributed by atoms with Gasteiger partial charge < -0.3 is 15.1 Å². The molecule has 104 valence electrons. The number of carbonyl (C=O) groups excluding carboxylic acids is 1. The average molecular weight is 272 g/mol. The van der Waals surface area contributed by atoms with Crippen LogP contribution in [0.5, 0.6) is 0 Å². The van der Waals surface area contributed by atoms with E-state index in [1.807, 2.05) is 12.1 Å². The van der Waals surface area contributed by atoms with Gasteiger partial charge in [-0.25, -0.2) is 4.79 Å². The monoisotopic (exact) mass is 272 g/mol. The van der Waals surface area contributed by atoms with Crippen molar-refractivity contribution in [1.29, 1.82) is 0 Å². The third kappa shape index (κ3) is 2.20. The summed E-state index contributed by atoms with van der Waals surface area (Å²) in [6.45, 7) is 1.82. The van der Waals surface area contributed by atoms with E-state index >= 15 is 0 Å². The molecular weight excluding hydrogens is 256 g/mol. The Bertz CT molecular complexity index is 708. The van der Waals surface area contributed by atoms with Crippen molar-refractivity contribution in [2.75, 3.05) is 19.6 Å². The minimum atomic E-state index is -0.579. The van der Waals surface area contributed by atoms with Gasteiger partial charge in [0, 0.05) is 18.5 Å². The molecule has 1 aliphatic rings. The average Bonchev–Trinajstić information content (AvgIpc) is 2.94. The summed E-state index contributed by atoms with van der Waals surface area (Å²) >= 11 is 0. The standard InChI is InChI=1S/C15H16N2O3/c16-8-10-5-6-17(9-10)14(18)12-7-11-3-1-2-4-13(11)20-15(12)19/h1-4,7,10H,5-6,8-9,16H2. The van der Waals surface area contributed by atoms with E-state index in [2.05, 4.69) is 0 Å². The van der Waals surface area contributed by atoms with Crippen LogP contribution in [-0.4, -0.2) is 30.4 Å². The minimum absolute atomic E-state index is 0.0985. The first-order chi connectivity index (χ1) is 9.69. The molecule has 1 amide bonds. The van der Waals surface area contributed by atoms with Crippen molar-refractivity contribution in [3.05, 3.63) is 46.3 Å². The Morgan fingerprint density at radius 3 is 2.95 bits per heavy atom. The fourth-order valence-corrected chi connectivity index (χ4v) is 2.59. The second kappa shape index (κ2) is 5.09. The normalized spacial score (nSPS) is 18.6. The lowest BCUT2D eigenvalue weighted by Gasteiger charge is -2.15. The number of amides is 1. The Morgan fingerprint density at radius 1 is 1.40 bits per heavy atom. The van der Waals surface area contributed by atoms with E-state index in [9.17, 15) is 9.59 Å². The first-order valence-corrected chi connectivity index (χ1v) is 6.71. The lowest BCUT2D eigenvalue weighted by atomic mass is 10.1. The number of nitrogens with zero attached hydrogens (tertiary/aromatic N) is 1. The number of fused-ring (bicyclic) bond motifs is 1. The van der Waals surface area contributed by atoms with Crippen LogP contribution in [-0.2, 0) is 0 Å². The van der Waals surface area contributed by atoms with Gasteiger partial charge in [-0.2, -0.15) is 0 Å². The molecule has 1 aliphatic heterocycles. The molecule has 1 aromatic heterocycles. The Hall–Kier alpha value is -2.14. The van der Waals surface area contributed by atoms with E-state index in [1.165, 1.54) is 0 Å². The molecule has 1 atom stereocenters. The molecule has 5 nitrogen and oxygen atoms in total. The van der Waals surface area contributed by atoms with Crippen LogP contribution in [0, 0.1) is 5.92 Å². The summed E-state index contributed by atoms with van der Waals surface area (Å²) in [5.41, 5.74) is 5.64. The molecule has 0 spiro atoms. The second-order valence-corrected chi connectivity index (χ2v) is 5.13. The summed E-state index contributed by atoms with van der Waals surface area (Å²) in [6.07, 6.45) is 0.890. The SMILES string of the molecule is NCC1CCN(C(=O)c2cc3ccccc3oc2=O)C1. The fourth-order valence-electron chi connectivity index (χ4n) is 2.59. The van der Waals surface area contributed by atoms with Crippen molar-refractivity contribution in [3.63, 3.8) is 0 Å². The van der Waals surface area contributed by atoms with Crippen molar-refractivity contribution < 1.29 is 9.21 Å². The summed E-state index contributed by atoms with van der Waals surface area (Å²) in [6, 6.07) is 8.78. The highest BCUT2D eigenvalue weighted by Crippen LogP contribution is 2.18. The number of rotatable bonds is 2. The van der Waals surface area contributed by atoms with Crippen molar-refractivity contribution in [2.45, 2.75) is 6.42 Å². The summed E-state index contributed by atoms with van der Waals surface area (Å²) < 4.78 is 5.20. The molecule has 0 bridgehead atoms. The van der Waals surface area contributed by atoms with Gasteiger partial charge in [0.05, 0.1) is 0 Å². The maximum absolute atomic E-state index is 12.4. The number of carbonyl (C=O) groups is 1. The molecule has 20 heavy (non-hydrogen) atoms. The van der Waals surface area contributed by atoms with Crippen LogP contribution in [0.25, 0.3) is 11.0 Å². The summed E-state index contributed by atoms with van der Waals surface area (Å²) in [5.74, 6) is 0.0619. The van der Waals surface area contributed by atoms with Crippen LogP contribution in [0.4, 0.5) is 0 Å². The third-order valence-electron chi connectivity index (χ3n) is 3.78. The third-order valence-corrected chi connectivity index (χ3v) is 3.78. The minimum Gasteiger partial charge on any atom is -0.422 e. The van der Waals surface area contributed by atoms with Gasteiger partial charge in [-0.05, 0) is 31.0 Å². The Balaban J connectivity index is 1.95. The molecule has 5 heteroatoms. The topological polar surface area (TPSA) is 76.5 Å². The van der Waals surface area contributed by atoms with E-state index in [1.54, 1.807) is 23.1 Å². The maximum Gasteiger partial charge on any atom is 0.349 e. The summed E-state index contributed by atoms with van der Waals surface area (Å²) in [4.78, 5) is 26.0. The van der Waals surface area contributed by atoms with Gasteiger partial charge in [0.1, 0.15) is 11.1 Å². The van der Waals surface area contributed by atoms with E-state index in [0.717, 1.165) is 11.8 Å². The molecule has 1 saturated heterocycles. The lowest BCUT2D eigenvalue weighted by Crippen LogP contribution is -2.33. The second-order valence-electron chi connectivity index (χ2n) is 5.13. The number of benzene rings is 1. The van der Waals surface area contributed by atoms with E-state index in [0.29, 0.717) is 31.1 Å². The zero-order chi connectivity index (χ0) is 14.1. The molecule has 0 aliphatic carbocycles. The quantitative estimate of drug-likeness (QED) is 0.834. The predicted molar refractivity (Wildman–Crippen MR) is 75.5 cm³/mol. The maximum atomic E-state index is 12.4. The highest BCUT2D eigenvalue weighted by atomic mass is 16.4. The molecule has 2 heterocycles. The van der Waals surface area contributed by atoms with Gasteiger partial charge in [-0.3, -0.25) is 4.79 Å². The highest BCUT2D eigenvalue weighted by Gasteiger charge is 2.28. The molecule has 0 saturated carbocycles. The number of likely N-dealkylation sites (tertiary alicyclic amines) is 1. The number of hydrogen-bond donors (Lipinski definition) is 1. The Labute approximate surface area is 116 Å². The van der Waals surface area contributed by atoms with Crippen molar-refractivity contribution in [1.82, 2.24) is 4.90 Å². The van der Waals surface area contributed by atoms with E-state index < -0.39 is 5.63 Å². The van der Waals surface area contributed by atoms with Crippen molar-refractivity contribution in [2.24, 2.45) is 11.7 Å². The molecule has 0 radical (unpaired) electrons. The summed E-state index contributed by atoms with van der Waals surface area (Å²) in [7, 11) is 0. The van der Waals surface area contributed by atoms with Gasteiger partial charge in [0.15, 0.2) is 0 Å². The molecule has 2 N–H and O–H groups in total. The van der Waals surface area contributed by atoms with Gasteiger partial charge in [-0.1, -0.05) is 18.2 Å².